The Balaban J connectivity index is 1.11. The van der Waals surface area contributed by atoms with Gasteiger partial charge in [-0.2, -0.15) is 0 Å². The third kappa shape index (κ3) is 7.99. The molecule has 320 valence electrons. The van der Waals surface area contributed by atoms with Crippen LogP contribution in [0.4, 0.5) is 22.7 Å². The number of rotatable bonds is 6. The second-order valence-corrected chi connectivity index (χ2v) is 21.5. The SMILES string of the molecule is CC(C)(C)c1cccc(N2CN(c3cccc(Oc4ccc5c6ccccc6n(-c6cc(C(C)(C)C)ccn6)c5c4)c3)c3ccc(-c4ccc(C(C)(C)C)cc4C(C)(C)C)cc32)c1. The van der Waals surface area contributed by atoms with Gasteiger partial charge in [0.1, 0.15) is 24.0 Å². The lowest BCUT2D eigenvalue weighted by Crippen LogP contribution is -2.24. The first-order valence-electron chi connectivity index (χ1n) is 22.5. The number of nitrogens with zero attached hydrogens (tertiary/aromatic N) is 4. The van der Waals surface area contributed by atoms with Crippen molar-refractivity contribution in [1.29, 1.82) is 0 Å². The van der Waals surface area contributed by atoms with Crippen molar-refractivity contribution in [3.8, 4) is 28.4 Å². The number of benzene rings is 6. The molecule has 1 aliphatic heterocycles. The second kappa shape index (κ2) is 15.2. The number of ether oxygens (including phenoxy) is 1. The van der Waals surface area contributed by atoms with E-state index in [1.54, 1.807) is 0 Å². The summed E-state index contributed by atoms with van der Waals surface area (Å²) in [6.45, 7) is 28.1. The molecule has 0 amide bonds. The van der Waals surface area contributed by atoms with E-state index in [1.165, 1.54) is 50.1 Å². The van der Waals surface area contributed by atoms with E-state index >= 15 is 0 Å². The molecule has 3 heterocycles. The maximum Gasteiger partial charge on any atom is 0.137 e. The van der Waals surface area contributed by atoms with Gasteiger partial charge in [0.05, 0.1) is 22.4 Å². The van der Waals surface area contributed by atoms with Crippen LogP contribution in [0.5, 0.6) is 11.5 Å². The lowest BCUT2D eigenvalue weighted by molar-refractivity contribution is 0.483. The van der Waals surface area contributed by atoms with E-state index in [0.717, 1.165) is 45.1 Å². The molecule has 0 radical (unpaired) electrons. The molecule has 0 N–H and O–H groups in total. The van der Waals surface area contributed by atoms with Gasteiger partial charge < -0.3 is 14.5 Å². The zero-order valence-electron chi connectivity index (χ0n) is 39.3. The van der Waals surface area contributed by atoms with Crippen LogP contribution in [0.2, 0.25) is 0 Å². The van der Waals surface area contributed by atoms with E-state index in [1.807, 2.05) is 6.20 Å². The Hall–Kier alpha value is -6.33. The first kappa shape index (κ1) is 42.0. The van der Waals surface area contributed by atoms with Gasteiger partial charge in [0.2, 0.25) is 0 Å². The van der Waals surface area contributed by atoms with Gasteiger partial charge in [0.15, 0.2) is 0 Å². The minimum Gasteiger partial charge on any atom is -0.457 e. The van der Waals surface area contributed by atoms with Gasteiger partial charge in [-0.25, -0.2) is 4.98 Å². The standard InChI is InChI=1S/C58H62N4O/c1-55(2,3)39-17-15-18-42(32-39)61-37-60(51-28-23-38(31-53(51)61)46-26-24-40(56(4,5)6)33-49(46)58(10,11)12)43-19-16-20-44(35-43)63-45-25-27-48-47-21-13-14-22-50(47)62(52(48)36-45)54-34-41(29-30-59-54)57(7,8)9/h13-36H,37H2,1-12H3. The summed E-state index contributed by atoms with van der Waals surface area (Å²) in [6, 6.07) is 51.0. The van der Waals surface area contributed by atoms with Crippen LogP contribution >= 0.6 is 0 Å². The maximum absolute atomic E-state index is 6.79. The fourth-order valence-electron chi connectivity index (χ4n) is 9.01. The molecule has 5 heteroatoms. The molecule has 63 heavy (non-hydrogen) atoms. The molecule has 0 atom stereocenters. The molecule has 8 aromatic rings. The highest BCUT2D eigenvalue weighted by Gasteiger charge is 2.31. The van der Waals surface area contributed by atoms with Crippen molar-refractivity contribution in [1.82, 2.24) is 9.55 Å². The first-order valence-corrected chi connectivity index (χ1v) is 22.5. The average Bonchev–Trinajstić information content (AvgIpc) is 3.78. The van der Waals surface area contributed by atoms with Crippen molar-refractivity contribution in [3.63, 3.8) is 0 Å². The molecule has 0 saturated heterocycles. The summed E-state index contributed by atoms with van der Waals surface area (Å²) in [5, 5.41) is 2.35. The molecule has 2 aromatic heterocycles. The van der Waals surface area contributed by atoms with Gasteiger partial charge in [0.25, 0.3) is 0 Å². The van der Waals surface area contributed by atoms with Crippen LogP contribution in [0.25, 0.3) is 38.8 Å². The molecule has 0 fully saturated rings. The highest BCUT2D eigenvalue weighted by molar-refractivity contribution is 6.09. The molecule has 5 nitrogen and oxygen atoms in total. The summed E-state index contributed by atoms with van der Waals surface area (Å²) in [7, 11) is 0. The summed E-state index contributed by atoms with van der Waals surface area (Å²) in [5.41, 5.74) is 14.6. The highest BCUT2D eigenvalue weighted by Crippen LogP contribution is 2.48. The number of hydrogen-bond donors (Lipinski definition) is 0. The molecular weight excluding hydrogens is 769 g/mol. The zero-order chi connectivity index (χ0) is 44.6. The number of aromatic nitrogens is 2. The normalized spacial score (nSPS) is 13.6. The average molecular weight is 831 g/mol. The van der Waals surface area contributed by atoms with Crippen LogP contribution in [0.15, 0.2) is 146 Å². The summed E-state index contributed by atoms with van der Waals surface area (Å²) < 4.78 is 9.05. The molecular formula is C58H62N4O. The summed E-state index contributed by atoms with van der Waals surface area (Å²) in [6.07, 6.45) is 1.93. The molecule has 0 saturated carbocycles. The van der Waals surface area contributed by atoms with E-state index in [2.05, 4.69) is 237 Å². The zero-order valence-corrected chi connectivity index (χ0v) is 39.3. The van der Waals surface area contributed by atoms with Crippen molar-refractivity contribution >= 4 is 44.6 Å². The van der Waals surface area contributed by atoms with Crippen LogP contribution in [-0.2, 0) is 21.7 Å². The lowest BCUT2D eigenvalue weighted by atomic mass is 9.77. The van der Waals surface area contributed by atoms with Gasteiger partial charge in [-0.3, -0.25) is 4.57 Å². The number of hydrogen-bond acceptors (Lipinski definition) is 4. The number of anilines is 4. The quantitative estimate of drug-likeness (QED) is 0.167. The summed E-state index contributed by atoms with van der Waals surface area (Å²) in [4.78, 5) is 9.77. The van der Waals surface area contributed by atoms with Crippen molar-refractivity contribution in [2.45, 2.75) is 105 Å². The minimum atomic E-state index is -0.0296. The van der Waals surface area contributed by atoms with E-state index in [0.29, 0.717) is 6.67 Å². The van der Waals surface area contributed by atoms with Crippen molar-refractivity contribution in [3.05, 3.63) is 168 Å². The Morgan fingerprint density at radius 2 is 1.10 bits per heavy atom. The third-order valence-electron chi connectivity index (χ3n) is 12.7. The Labute approximate surface area is 375 Å². The Morgan fingerprint density at radius 3 is 1.83 bits per heavy atom. The fourth-order valence-corrected chi connectivity index (χ4v) is 9.01. The first-order chi connectivity index (χ1) is 29.7. The fraction of sp³-hybridized carbons (Fsp3) is 0.293. The molecule has 9 rings (SSSR count). The van der Waals surface area contributed by atoms with Crippen molar-refractivity contribution in [2.24, 2.45) is 0 Å². The van der Waals surface area contributed by atoms with Gasteiger partial charge in [-0.1, -0.05) is 144 Å². The maximum atomic E-state index is 6.79. The van der Waals surface area contributed by atoms with E-state index in [4.69, 9.17) is 9.72 Å². The predicted octanol–water partition coefficient (Wildman–Crippen LogP) is 16.1. The molecule has 0 unspecified atom stereocenters. The van der Waals surface area contributed by atoms with Crippen LogP contribution in [0.1, 0.15) is 105 Å². The molecule has 6 aromatic carbocycles. The van der Waals surface area contributed by atoms with Crippen LogP contribution < -0.4 is 14.5 Å². The lowest BCUT2D eigenvalue weighted by Gasteiger charge is -2.28. The van der Waals surface area contributed by atoms with Crippen LogP contribution in [0.3, 0.4) is 0 Å². The third-order valence-corrected chi connectivity index (χ3v) is 12.7. The topological polar surface area (TPSA) is 33.5 Å². The van der Waals surface area contributed by atoms with Gasteiger partial charge in [0, 0.05) is 40.5 Å². The summed E-state index contributed by atoms with van der Waals surface area (Å²) in [5.74, 6) is 2.45. The van der Waals surface area contributed by atoms with E-state index < -0.39 is 0 Å². The van der Waals surface area contributed by atoms with Crippen molar-refractivity contribution < 1.29 is 4.74 Å². The molecule has 0 spiro atoms. The number of pyridine rings is 1. The smallest absolute Gasteiger partial charge is 0.137 e. The minimum absolute atomic E-state index is 0.00443. The molecule has 0 bridgehead atoms. The predicted molar refractivity (Wildman–Crippen MR) is 267 cm³/mol. The second-order valence-electron chi connectivity index (χ2n) is 21.5. The Kier molecular flexibility index (Phi) is 10.1. The molecule has 0 aliphatic carbocycles. The van der Waals surface area contributed by atoms with Gasteiger partial charge in [-0.15, -0.1) is 0 Å². The van der Waals surface area contributed by atoms with Crippen LogP contribution in [0, 0.1) is 0 Å². The van der Waals surface area contributed by atoms with Gasteiger partial charge in [-0.05, 0) is 122 Å². The largest absolute Gasteiger partial charge is 0.457 e. The highest BCUT2D eigenvalue weighted by atomic mass is 16.5. The number of fused-ring (bicyclic) bond motifs is 4. The monoisotopic (exact) mass is 830 g/mol. The Bertz CT molecular complexity index is 3020. The van der Waals surface area contributed by atoms with E-state index in [9.17, 15) is 0 Å². The summed E-state index contributed by atoms with van der Waals surface area (Å²) >= 11 is 0. The van der Waals surface area contributed by atoms with Crippen LogP contribution in [-0.4, -0.2) is 16.2 Å². The number of para-hydroxylation sites is 1. The van der Waals surface area contributed by atoms with Gasteiger partial charge >= 0.3 is 0 Å². The van der Waals surface area contributed by atoms with Crippen molar-refractivity contribution in [2.75, 3.05) is 16.5 Å². The van der Waals surface area contributed by atoms with E-state index in [-0.39, 0.29) is 21.7 Å². The Morgan fingerprint density at radius 1 is 0.460 bits per heavy atom. The molecule has 1 aliphatic rings.